The van der Waals surface area contributed by atoms with E-state index in [0.29, 0.717) is 0 Å². The largest absolute Gasteiger partial charge is 0.0596 e. The molecule has 4 rings (SSSR count). The maximum Gasteiger partial charge on any atom is -0.0264 e. The van der Waals surface area contributed by atoms with E-state index in [9.17, 15) is 0 Å². The van der Waals surface area contributed by atoms with Crippen molar-refractivity contribution in [1.82, 2.24) is 0 Å². The van der Waals surface area contributed by atoms with Crippen LogP contribution in [0.15, 0.2) is 0 Å². The zero-order valence-corrected chi connectivity index (χ0v) is 8.61. The average Bonchev–Trinajstić information content (AvgIpc) is 2.01. The molecule has 0 heterocycles. The van der Waals surface area contributed by atoms with Gasteiger partial charge in [-0.15, -0.1) is 0 Å². The Morgan fingerprint density at radius 2 is 1.33 bits per heavy atom. The maximum absolute atomic E-state index is 2.55. The smallest absolute Gasteiger partial charge is 0.0264 e. The van der Waals surface area contributed by atoms with E-state index in [0.717, 1.165) is 22.2 Å². The lowest BCUT2D eigenvalue weighted by molar-refractivity contribution is 0.141. The van der Waals surface area contributed by atoms with Gasteiger partial charge in [-0.05, 0) is 54.3 Å². The molecule has 0 aromatic rings. The third kappa shape index (κ3) is 0.625. The molecule has 0 nitrogen and oxygen atoms in total. The van der Waals surface area contributed by atoms with Gasteiger partial charge in [-0.3, -0.25) is 0 Å². The first kappa shape index (κ1) is 7.41. The van der Waals surface area contributed by atoms with E-state index in [4.69, 9.17) is 0 Å². The SMILES string of the molecule is CC12CC3CC(C)(C1)C(C)(C3)C2. The second-order valence-electron chi connectivity index (χ2n) is 6.76. The van der Waals surface area contributed by atoms with Crippen LogP contribution >= 0.6 is 0 Å². The molecule has 4 aliphatic carbocycles. The summed E-state index contributed by atoms with van der Waals surface area (Å²) in [6.07, 6.45) is 7.66. The Morgan fingerprint density at radius 1 is 0.833 bits per heavy atom. The van der Waals surface area contributed by atoms with Gasteiger partial charge in [0.05, 0.1) is 0 Å². The van der Waals surface area contributed by atoms with Crippen molar-refractivity contribution in [3.63, 3.8) is 0 Å². The van der Waals surface area contributed by atoms with Crippen molar-refractivity contribution in [2.45, 2.75) is 52.9 Å². The summed E-state index contributed by atoms with van der Waals surface area (Å²) in [5.41, 5.74) is 2.19. The molecule has 0 heteroatoms. The van der Waals surface area contributed by atoms with Crippen LogP contribution in [-0.4, -0.2) is 0 Å². The minimum absolute atomic E-state index is 0.727. The fourth-order valence-corrected chi connectivity index (χ4v) is 5.34. The van der Waals surface area contributed by atoms with Gasteiger partial charge in [0.15, 0.2) is 0 Å². The van der Waals surface area contributed by atoms with Crippen LogP contribution in [0.5, 0.6) is 0 Å². The molecule has 0 aliphatic heterocycles. The van der Waals surface area contributed by atoms with Crippen LogP contribution in [0.4, 0.5) is 0 Å². The average molecular weight is 164 g/mol. The van der Waals surface area contributed by atoms with E-state index < -0.39 is 0 Å². The van der Waals surface area contributed by atoms with Gasteiger partial charge in [0.1, 0.15) is 0 Å². The van der Waals surface area contributed by atoms with Crippen LogP contribution in [0, 0.1) is 22.2 Å². The van der Waals surface area contributed by atoms with E-state index in [1.165, 1.54) is 19.3 Å². The van der Waals surface area contributed by atoms with Crippen molar-refractivity contribution in [2.24, 2.45) is 22.2 Å². The van der Waals surface area contributed by atoms with Crippen LogP contribution < -0.4 is 0 Å². The third-order valence-corrected chi connectivity index (χ3v) is 5.35. The molecule has 0 aromatic carbocycles. The topological polar surface area (TPSA) is 0 Å². The summed E-state index contributed by atoms with van der Waals surface area (Å²) in [4.78, 5) is 0. The minimum Gasteiger partial charge on any atom is -0.0596 e. The van der Waals surface area contributed by atoms with E-state index in [2.05, 4.69) is 20.8 Å². The predicted molar refractivity (Wildman–Crippen MR) is 50.9 cm³/mol. The Morgan fingerprint density at radius 3 is 1.67 bits per heavy atom. The molecule has 0 amide bonds. The predicted octanol–water partition coefficient (Wildman–Crippen LogP) is 3.61. The van der Waals surface area contributed by atoms with E-state index in [-0.39, 0.29) is 0 Å². The monoisotopic (exact) mass is 164 g/mol. The van der Waals surface area contributed by atoms with E-state index in [1.807, 2.05) is 0 Å². The quantitative estimate of drug-likeness (QED) is 0.513. The summed E-state index contributed by atoms with van der Waals surface area (Å²) in [6.45, 7) is 7.64. The summed E-state index contributed by atoms with van der Waals surface area (Å²) in [6, 6.07) is 0. The molecule has 2 unspecified atom stereocenters. The molecule has 4 saturated carbocycles. The first-order valence-electron chi connectivity index (χ1n) is 5.45. The Hall–Kier alpha value is 0. The lowest BCUT2D eigenvalue weighted by Gasteiger charge is -2.37. The van der Waals surface area contributed by atoms with Gasteiger partial charge in [-0.1, -0.05) is 20.8 Å². The van der Waals surface area contributed by atoms with Crippen molar-refractivity contribution in [3.8, 4) is 0 Å². The molecule has 0 saturated heterocycles. The second kappa shape index (κ2) is 1.63. The molecular formula is C12H20. The fraction of sp³-hybridized carbons (Fsp3) is 1.00. The van der Waals surface area contributed by atoms with Crippen LogP contribution in [0.25, 0.3) is 0 Å². The minimum atomic E-state index is 0.727. The van der Waals surface area contributed by atoms with Gasteiger partial charge in [0, 0.05) is 0 Å². The van der Waals surface area contributed by atoms with E-state index in [1.54, 1.807) is 12.8 Å². The molecule has 4 fully saturated rings. The van der Waals surface area contributed by atoms with Crippen LogP contribution in [0.1, 0.15) is 52.9 Å². The third-order valence-electron chi connectivity index (χ3n) is 5.35. The van der Waals surface area contributed by atoms with Crippen molar-refractivity contribution in [1.29, 1.82) is 0 Å². The molecule has 4 bridgehead atoms. The molecule has 2 atom stereocenters. The summed E-state index contributed by atoms with van der Waals surface area (Å²) in [5, 5.41) is 0. The molecule has 0 N–H and O–H groups in total. The highest BCUT2D eigenvalue weighted by Gasteiger charge is 2.65. The van der Waals surface area contributed by atoms with Gasteiger partial charge in [-0.2, -0.15) is 0 Å². The van der Waals surface area contributed by atoms with E-state index >= 15 is 0 Å². The molecular weight excluding hydrogens is 144 g/mol. The van der Waals surface area contributed by atoms with Crippen LogP contribution in [0.2, 0.25) is 0 Å². The maximum atomic E-state index is 2.55. The van der Waals surface area contributed by atoms with Gasteiger partial charge >= 0.3 is 0 Å². The standard InChI is InChI=1S/C12H20/c1-10-4-9-5-11(2,7-10)12(3,6-9)8-10/h9H,4-8H2,1-3H3. The Kier molecular flexibility index (Phi) is 1.00. The highest BCUT2D eigenvalue weighted by atomic mass is 14.7. The number of rotatable bonds is 0. The Labute approximate surface area is 75.7 Å². The fourth-order valence-electron chi connectivity index (χ4n) is 5.34. The van der Waals surface area contributed by atoms with Crippen molar-refractivity contribution in [2.75, 3.05) is 0 Å². The number of hydrogen-bond donors (Lipinski definition) is 0. The van der Waals surface area contributed by atoms with Crippen molar-refractivity contribution < 1.29 is 0 Å². The first-order chi connectivity index (χ1) is 5.45. The lowest BCUT2D eigenvalue weighted by Crippen LogP contribution is -2.25. The summed E-state index contributed by atoms with van der Waals surface area (Å²) >= 11 is 0. The molecule has 68 valence electrons. The van der Waals surface area contributed by atoms with Crippen LogP contribution in [-0.2, 0) is 0 Å². The normalized spacial score (nSPS) is 67.8. The highest BCUT2D eigenvalue weighted by Crippen LogP contribution is 2.75. The van der Waals surface area contributed by atoms with Crippen molar-refractivity contribution in [3.05, 3.63) is 0 Å². The van der Waals surface area contributed by atoms with Gasteiger partial charge < -0.3 is 0 Å². The second-order valence-corrected chi connectivity index (χ2v) is 6.76. The molecule has 12 heavy (non-hydrogen) atoms. The molecule has 0 aromatic heterocycles. The van der Waals surface area contributed by atoms with Crippen molar-refractivity contribution >= 4 is 0 Å². The van der Waals surface area contributed by atoms with Gasteiger partial charge in [0.25, 0.3) is 0 Å². The lowest BCUT2D eigenvalue weighted by atomic mass is 9.68. The Balaban J connectivity index is 2.12. The molecule has 0 radical (unpaired) electrons. The molecule has 0 spiro atoms. The highest BCUT2D eigenvalue weighted by molar-refractivity contribution is 5.15. The van der Waals surface area contributed by atoms with Crippen LogP contribution in [0.3, 0.4) is 0 Å². The first-order valence-corrected chi connectivity index (χ1v) is 5.45. The zero-order chi connectivity index (χ0) is 8.61. The summed E-state index contributed by atoms with van der Waals surface area (Å²) in [7, 11) is 0. The summed E-state index contributed by atoms with van der Waals surface area (Å²) in [5.74, 6) is 1.09. The Bertz CT molecular complexity index is 222. The van der Waals surface area contributed by atoms with Gasteiger partial charge in [-0.25, -0.2) is 0 Å². The molecule has 4 aliphatic rings. The zero-order valence-electron chi connectivity index (χ0n) is 8.61. The van der Waals surface area contributed by atoms with Gasteiger partial charge in [0.2, 0.25) is 0 Å². The number of hydrogen-bond acceptors (Lipinski definition) is 0. The summed E-state index contributed by atoms with van der Waals surface area (Å²) < 4.78 is 0.